The van der Waals surface area contributed by atoms with Crippen molar-refractivity contribution in [2.75, 3.05) is 24.9 Å². The van der Waals surface area contributed by atoms with Crippen molar-refractivity contribution in [2.45, 2.75) is 97.4 Å². The van der Waals surface area contributed by atoms with Crippen molar-refractivity contribution in [2.24, 2.45) is 0 Å². The number of methoxy groups -OCH3 is 1. The molecule has 1 amide bonds. The third-order valence-corrected chi connectivity index (χ3v) is 8.23. The molecule has 1 heterocycles. The number of halogens is 1. The summed E-state index contributed by atoms with van der Waals surface area (Å²) in [6.07, 6.45) is 15.7. The minimum absolute atomic E-state index is 0. The summed E-state index contributed by atoms with van der Waals surface area (Å²) in [6.45, 7) is 5.86. The predicted octanol–water partition coefficient (Wildman–Crippen LogP) is 9.97. The molecule has 0 saturated heterocycles. The third-order valence-electron chi connectivity index (χ3n) is 7.26. The second-order valence-electron chi connectivity index (χ2n) is 10.5. The van der Waals surface area contributed by atoms with Gasteiger partial charge in [-0.1, -0.05) is 95.8 Å². The molecule has 0 aromatic heterocycles. The molecule has 1 N–H and O–H groups in total. The van der Waals surface area contributed by atoms with Crippen LogP contribution in [0.15, 0.2) is 53.6 Å². The zero-order valence-electron chi connectivity index (χ0n) is 24.7. The van der Waals surface area contributed by atoms with Gasteiger partial charge in [-0.15, -0.1) is 28.7 Å². The van der Waals surface area contributed by atoms with Gasteiger partial charge in [0.25, 0.3) is 5.91 Å². The van der Waals surface area contributed by atoms with E-state index in [0.29, 0.717) is 29.4 Å². The van der Waals surface area contributed by atoms with E-state index in [0.717, 1.165) is 25.3 Å². The van der Waals surface area contributed by atoms with Gasteiger partial charge < -0.3 is 19.7 Å². The molecule has 1 aliphatic rings. The average Bonchev–Trinajstić information content (AvgIpc) is 3.36. The van der Waals surface area contributed by atoms with Gasteiger partial charge in [-0.3, -0.25) is 4.79 Å². The molecular weight excluding hydrogens is 584 g/mol. The van der Waals surface area contributed by atoms with Crippen LogP contribution in [0, 0.1) is 0 Å². The fourth-order valence-electron chi connectivity index (χ4n) is 4.81. The molecule has 0 unspecified atom stereocenters. The van der Waals surface area contributed by atoms with Gasteiger partial charge in [0.05, 0.1) is 25.3 Å². The Hall–Kier alpha value is -2.12. The topological polar surface area (TPSA) is 50.8 Å². The molecule has 0 atom stereocenters. The maximum Gasteiger partial charge on any atom is 0.255 e. The number of benzene rings is 2. The quantitative estimate of drug-likeness (QED) is 0.156. The predicted molar refractivity (Wildman–Crippen MR) is 176 cm³/mol. The number of amides is 1. The number of allylic oxidation sites excluding steroid dienone is 1. The molecule has 2 aromatic carbocycles. The zero-order valence-corrected chi connectivity index (χ0v) is 27.2. The van der Waals surface area contributed by atoms with Gasteiger partial charge in [-0.25, -0.2) is 0 Å². The number of unbranched alkanes of at least 4 members (excludes halogenated alkanes) is 11. The molecule has 0 radical (unpaired) electrons. The Morgan fingerprint density at radius 1 is 0.900 bits per heavy atom. The number of carbonyl (C=O) groups excluding carboxylic acids is 1. The van der Waals surface area contributed by atoms with Crippen LogP contribution in [0.4, 0.5) is 5.69 Å². The molecule has 0 bridgehead atoms. The van der Waals surface area contributed by atoms with E-state index in [2.05, 4.69) is 29.5 Å². The Balaban J connectivity index is 0.00000560. The van der Waals surface area contributed by atoms with E-state index >= 15 is 0 Å². The van der Waals surface area contributed by atoms with Gasteiger partial charge in [-0.05, 0) is 48.6 Å². The number of ether oxygens (including phenoxy) is 2. The molecule has 0 fully saturated rings. The molecule has 0 spiro atoms. The first-order chi connectivity index (χ1) is 19.1. The highest BCUT2D eigenvalue weighted by molar-refractivity contribution is 8.93. The maximum atomic E-state index is 13.0. The zero-order chi connectivity index (χ0) is 27.7. The summed E-state index contributed by atoms with van der Waals surface area (Å²) in [4.78, 5) is 15.4. The van der Waals surface area contributed by atoms with E-state index < -0.39 is 0 Å². The van der Waals surface area contributed by atoms with E-state index in [1.807, 2.05) is 54.2 Å². The van der Waals surface area contributed by atoms with Crippen LogP contribution in [0.2, 0.25) is 0 Å². The number of nitrogens with zero attached hydrogens (tertiary/aromatic N) is 1. The molecule has 5 nitrogen and oxygen atoms in total. The number of para-hydroxylation sites is 1. The van der Waals surface area contributed by atoms with Crippen LogP contribution >= 0.6 is 28.7 Å². The normalized spacial score (nSPS) is 12.6. The number of hydrogen-bond donors (Lipinski definition) is 1. The van der Waals surface area contributed by atoms with E-state index in [1.54, 1.807) is 7.11 Å². The molecule has 2 aromatic rings. The highest BCUT2D eigenvalue weighted by Gasteiger charge is 2.16. The number of hydrogen-bond acceptors (Lipinski definition) is 5. The van der Waals surface area contributed by atoms with Gasteiger partial charge in [0, 0.05) is 17.8 Å². The lowest BCUT2D eigenvalue weighted by Crippen LogP contribution is -2.17. The number of anilines is 1. The maximum absolute atomic E-state index is 13.0. The largest absolute Gasteiger partial charge is 0.493 e. The number of thioether (sulfide) groups is 1. The molecule has 1 aliphatic heterocycles. The van der Waals surface area contributed by atoms with Crippen LogP contribution in [-0.4, -0.2) is 30.4 Å². The van der Waals surface area contributed by atoms with Gasteiger partial charge in [-0.2, -0.15) is 0 Å². The van der Waals surface area contributed by atoms with Gasteiger partial charge in [0.2, 0.25) is 0 Å². The van der Waals surface area contributed by atoms with Crippen molar-refractivity contribution >= 4 is 40.3 Å². The van der Waals surface area contributed by atoms with Gasteiger partial charge in [0.1, 0.15) is 0 Å². The number of carbonyl (C=O) groups is 1. The molecule has 0 aliphatic carbocycles. The highest BCUT2D eigenvalue weighted by Crippen LogP contribution is 2.35. The summed E-state index contributed by atoms with van der Waals surface area (Å²) < 4.78 is 11.7. The Morgan fingerprint density at radius 3 is 2.10 bits per heavy atom. The van der Waals surface area contributed by atoms with Crippen molar-refractivity contribution in [3.8, 4) is 11.5 Å². The fourth-order valence-corrected chi connectivity index (χ4v) is 5.75. The lowest BCUT2D eigenvalue weighted by atomic mass is 10.1. The lowest BCUT2D eigenvalue weighted by Gasteiger charge is -2.19. The van der Waals surface area contributed by atoms with Crippen LogP contribution in [-0.2, 0) is 6.54 Å². The van der Waals surface area contributed by atoms with Crippen molar-refractivity contribution < 1.29 is 14.3 Å². The van der Waals surface area contributed by atoms with Crippen molar-refractivity contribution in [1.82, 2.24) is 4.90 Å². The average molecular weight is 634 g/mol. The van der Waals surface area contributed by atoms with Crippen LogP contribution in [0.5, 0.6) is 11.5 Å². The summed E-state index contributed by atoms with van der Waals surface area (Å²) >= 11 is 1.82. The Kier molecular flexibility index (Phi) is 16.9. The van der Waals surface area contributed by atoms with Crippen LogP contribution < -0.4 is 14.8 Å². The fraction of sp³-hybridized carbons (Fsp3) is 0.545. The number of nitrogens with one attached hydrogen (secondary N) is 1. The minimum Gasteiger partial charge on any atom is -0.493 e. The van der Waals surface area contributed by atoms with E-state index in [4.69, 9.17) is 9.47 Å². The van der Waals surface area contributed by atoms with Crippen molar-refractivity contribution in [3.63, 3.8) is 0 Å². The SMILES string of the molecule is Br.CCCCCCCCCCCCCCOc1c(NC(=O)c2ccc(CN3CSC=C3C)cc2)cccc1OC. The van der Waals surface area contributed by atoms with Gasteiger partial charge >= 0.3 is 0 Å². The van der Waals surface area contributed by atoms with E-state index in [9.17, 15) is 4.79 Å². The van der Waals surface area contributed by atoms with Crippen LogP contribution in [0.3, 0.4) is 0 Å². The second kappa shape index (κ2) is 19.9. The van der Waals surface area contributed by atoms with Crippen molar-refractivity contribution in [3.05, 3.63) is 64.7 Å². The first kappa shape index (κ1) is 34.1. The smallest absolute Gasteiger partial charge is 0.255 e. The third kappa shape index (κ3) is 11.8. The Bertz CT molecular complexity index is 1030. The lowest BCUT2D eigenvalue weighted by molar-refractivity contribution is 0.102. The van der Waals surface area contributed by atoms with Crippen LogP contribution in [0.25, 0.3) is 0 Å². The molecular formula is C33H49BrN2O3S. The highest BCUT2D eigenvalue weighted by atomic mass is 79.9. The van der Waals surface area contributed by atoms with Crippen LogP contribution in [0.1, 0.15) is 107 Å². The number of rotatable bonds is 19. The monoisotopic (exact) mass is 632 g/mol. The van der Waals surface area contributed by atoms with E-state index in [1.165, 1.54) is 75.5 Å². The summed E-state index contributed by atoms with van der Waals surface area (Å²) in [6, 6.07) is 13.4. The standard InChI is InChI=1S/C33H48N2O3S.BrH/c1-4-5-6-7-8-9-10-11-12-13-14-15-23-38-32-30(17-16-18-31(32)37-3)34-33(36)29-21-19-28(20-22-29)24-35-26-39-25-27(35)2;/h16-22,25H,4-15,23-24,26H2,1-3H3,(H,34,36);1H. The molecule has 0 saturated carbocycles. The minimum atomic E-state index is -0.155. The molecule has 222 valence electrons. The Morgan fingerprint density at radius 2 is 1.52 bits per heavy atom. The summed E-state index contributed by atoms with van der Waals surface area (Å²) in [5.41, 5.74) is 3.74. The van der Waals surface area contributed by atoms with Gasteiger partial charge in [0.15, 0.2) is 11.5 Å². The first-order valence-corrected chi connectivity index (χ1v) is 15.9. The Labute approximate surface area is 257 Å². The molecule has 3 rings (SSSR count). The first-order valence-electron chi connectivity index (χ1n) is 14.9. The summed E-state index contributed by atoms with van der Waals surface area (Å²) in [7, 11) is 1.63. The van der Waals surface area contributed by atoms with E-state index in [-0.39, 0.29) is 22.9 Å². The molecule has 7 heteroatoms. The van der Waals surface area contributed by atoms with Crippen molar-refractivity contribution in [1.29, 1.82) is 0 Å². The molecule has 40 heavy (non-hydrogen) atoms. The summed E-state index contributed by atoms with van der Waals surface area (Å²) in [5.74, 6) is 2.06. The second-order valence-corrected chi connectivity index (χ2v) is 11.3. The summed E-state index contributed by atoms with van der Waals surface area (Å²) in [5, 5.41) is 5.22.